The van der Waals surface area contributed by atoms with Gasteiger partial charge in [0.05, 0.1) is 12.1 Å². The summed E-state index contributed by atoms with van der Waals surface area (Å²) in [5.41, 5.74) is 4.58. The van der Waals surface area contributed by atoms with E-state index in [0.29, 0.717) is 6.10 Å². The lowest BCUT2D eigenvalue weighted by molar-refractivity contribution is 0.303. The summed E-state index contributed by atoms with van der Waals surface area (Å²) >= 11 is 0. The summed E-state index contributed by atoms with van der Waals surface area (Å²) in [5, 5.41) is 3.39. The molecule has 1 heterocycles. The largest absolute Gasteiger partial charge is 0.490 e. The number of hydrogen-bond acceptors (Lipinski definition) is 3. The zero-order chi connectivity index (χ0) is 14.8. The molecule has 1 atom stereocenters. The molecule has 1 fully saturated rings. The average Bonchev–Trinajstić information content (AvgIpc) is 3.27. The van der Waals surface area contributed by atoms with Gasteiger partial charge in [0.1, 0.15) is 5.75 Å². The fourth-order valence-electron chi connectivity index (χ4n) is 2.62. The van der Waals surface area contributed by atoms with Crippen molar-refractivity contribution in [2.45, 2.75) is 38.8 Å². The summed E-state index contributed by atoms with van der Waals surface area (Å²) in [5.74, 6) is 0.967. The Morgan fingerprint density at radius 3 is 2.38 bits per heavy atom. The number of benzene rings is 1. The molecule has 1 aromatic heterocycles. The smallest absolute Gasteiger partial charge is 0.119 e. The van der Waals surface area contributed by atoms with E-state index in [0.717, 1.165) is 17.1 Å². The Hall–Kier alpha value is -1.87. The van der Waals surface area contributed by atoms with Gasteiger partial charge in [0.15, 0.2) is 0 Å². The van der Waals surface area contributed by atoms with Crippen molar-refractivity contribution in [3.05, 3.63) is 58.9 Å². The van der Waals surface area contributed by atoms with E-state index in [1.54, 1.807) is 0 Å². The second-order valence-corrected chi connectivity index (χ2v) is 5.74. The second-order valence-electron chi connectivity index (χ2n) is 5.74. The number of rotatable bonds is 5. The van der Waals surface area contributed by atoms with Gasteiger partial charge in [0, 0.05) is 11.4 Å². The summed E-state index contributed by atoms with van der Waals surface area (Å²) in [6.45, 7) is 4.09. The highest BCUT2D eigenvalue weighted by atomic mass is 16.5. The maximum absolute atomic E-state index is 5.81. The first-order valence-electron chi connectivity index (χ1n) is 7.55. The quantitative estimate of drug-likeness (QED) is 0.910. The van der Waals surface area contributed by atoms with E-state index < -0.39 is 0 Å². The van der Waals surface area contributed by atoms with Crippen LogP contribution in [0.1, 0.15) is 41.4 Å². The van der Waals surface area contributed by atoms with Crippen LogP contribution in [0.5, 0.6) is 5.75 Å². The molecule has 3 heteroatoms. The predicted octanol–water partition coefficient (Wildman–Crippen LogP) is 3.55. The molecule has 0 saturated heterocycles. The van der Waals surface area contributed by atoms with Crippen LogP contribution in [-0.2, 0) is 0 Å². The first kappa shape index (κ1) is 14.1. The van der Waals surface area contributed by atoms with Crippen LogP contribution in [0.25, 0.3) is 0 Å². The molecule has 1 unspecified atom stereocenters. The van der Waals surface area contributed by atoms with E-state index in [-0.39, 0.29) is 6.04 Å². The number of ether oxygens (including phenoxy) is 1. The van der Waals surface area contributed by atoms with Crippen molar-refractivity contribution in [2.24, 2.45) is 0 Å². The lowest BCUT2D eigenvalue weighted by Crippen LogP contribution is -2.19. The van der Waals surface area contributed by atoms with Crippen LogP contribution in [0, 0.1) is 13.8 Å². The van der Waals surface area contributed by atoms with Crippen molar-refractivity contribution in [1.29, 1.82) is 0 Å². The maximum atomic E-state index is 5.81. The number of hydrogen-bond donors (Lipinski definition) is 1. The summed E-state index contributed by atoms with van der Waals surface area (Å²) in [7, 11) is 1.98. The zero-order valence-corrected chi connectivity index (χ0v) is 12.9. The molecule has 0 amide bonds. The minimum atomic E-state index is 0.160. The monoisotopic (exact) mass is 282 g/mol. The van der Waals surface area contributed by atoms with Crippen molar-refractivity contribution in [3.63, 3.8) is 0 Å². The molecule has 1 aromatic carbocycles. The van der Waals surface area contributed by atoms with Crippen LogP contribution in [0.4, 0.5) is 0 Å². The predicted molar refractivity (Wildman–Crippen MR) is 84.7 cm³/mol. The van der Waals surface area contributed by atoms with Gasteiger partial charge in [-0.05, 0) is 63.1 Å². The van der Waals surface area contributed by atoms with Gasteiger partial charge in [-0.2, -0.15) is 0 Å². The van der Waals surface area contributed by atoms with Crippen molar-refractivity contribution in [3.8, 4) is 5.75 Å². The fraction of sp³-hybridized carbons (Fsp3) is 0.389. The van der Waals surface area contributed by atoms with Crippen molar-refractivity contribution >= 4 is 0 Å². The Morgan fingerprint density at radius 1 is 1.10 bits per heavy atom. The normalized spacial score (nSPS) is 15.8. The standard InChI is InChI=1S/C18H22N2O/c1-12-4-11-17(13(2)20-12)18(19-3)14-5-7-15(8-6-14)21-16-9-10-16/h4-8,11,16,18-19H,9-10H2,1-3H3. The van der Waals surface area contributed by atoms with Crippen LogP contribution in [0.15, 0.2) is 36.4 Å². The molecule has 1 aliphatic rings. The molecule has 1 N–H and O–H groups in total. The molecule has 0 bridgehead atoms. The molecule has 0 radical (unpaired) electrons. The van der Waals surface area contributed by atoms with Gasteiger partial charge in [-0.3, -0.25) is 4.98 Å². The first-order chi connectivity index (χ1) is 10.2. The third-order valence-electron chi connectivity index (χ3n) is 3.91. The molecule has 1 aliphatic carbocycles. The van der Waals surface area contributed by atoms with E-state index >= 15 is 0 Å². The lowest BCUT2D eigenvalue weighted by Gasteiger charge is -2.19. The summed E-state index contributed by atoms with van der Waals surface area (Å²) in [6.07, 6.45) is 2.82. The van der Waals surface area contributed by atoms with E-state index in [2.05, 4.69) is 53.6 Å². The van der Waals surface area contributed by atoms with E-state index in [4.69, 9.17) is 4.74 Å². The third-order valence-corrected chi connectivity index (χ3v) is 3.91. The van der Waals surface area contributed by atoms with Crippen LogP contribution in [0.2, 0.25) is 0 Å². The Balaban J connectivity index is 1.84. The molecule has 110 valence electrons. The van der Waals surface area contributed by atoms with Gasteiger partial charge in [0.2, 0.25) is 0 Å². The summed E-state index contributed by atoms with van der Waals surface area (Å²) in [6, 6.07) is 12.8. The second kappa shape index (κ2) is 5.86. The minimum absolute atomic E-state index is 0.160. The average molecular weight is 282 g/mol. The van der Waals surface area contributed by atoms with Crippen LogP contribution in [0.3, 0.4) is 0 Å². The van der Waals surface area contributed by atoms with Gasteiger partial charge >= 0.3 is 0 Å². The SMILES string of the molecule is CNC(c1ccc(OC2CC2)cc1)c1ccc(C)nc1C. The van der Waals surface area contributed by atoms with Crippen LogP contribution < -0.4 is 10.1 Å². The Bertz CT molecular complexity index is 618. The minimum Gasteiger partial charge on any atom is -0.490 e. The van der Waals surface area contributed by atoms with E-state index in [1.807, 2.05) is 14.0 Å². The van der Waals surface area contributed by atoms with E-state index in [1.165, 1.54) is 24.0 Å². The fourth-order valence-corrected chi connectivity index (χ4v) is 2.62. The number of nitrogens with zero attached hydrogens (tertiary/aromatic N) is 1. The Morgan fingerprint density at radius 2 is 1.81 bits per heavy atom. The molecular formula is C18H22N2O. The number of pyridine rings is 1. The summed E-state index contributed by atoms with van der Waals surface area (Å²) < 4.78 is 5.81. The maximum Gasteiger partial charge on any atom is 0.119 e. The Kier molecular flexibility index (Phi) is 3.93. The molecule has 21 heavy (non-hydrogen) atoms. The topological polar surface area (TPSA) is 34.1 Å². The van der Waals surface area contributed by atoms with Gasteiger partial charge in [-0.25, -0.2) is 0 Å². The Labute approximate surface area is 126 Å². The molecular weight excluding hydrogens is 260 g/mol. The van der Waals surface area contributed by atoms with Gasteiger partial charge < -0.3 is 10.1 Å². The van der Waals surface area contributed by atoms with Crippen LogP contribution >= 0.6 is 0 Å². The molecule has 0 spiro atoms. The van der Waals surface area contributed by atoms with Crippen LogP contribution in [-0.4, -0.2) is 18.1 Å². The number of aryl methyl sites for hydroxylation is 2. The molecule has 3 rings (SSSR count). The highest BCUT2D eigenvalue weighted by Crippen LogP contribution is 2.29. The molecule has 2 aromatic rings. The van der Waals surface area contributed by atoms with Gasteiger partial charge in [0.25, 0.3) is 0 Å². The van der Waals surface area contributed by atoms with Crippen molar-refractivity contribution in [1.82, 2.24) is 10.3 Å². The van der Waals surface area contributed by atoms with Gasteiger partial charge in [-0.1, -0.05) is 18.2 Å². The lowest BCUT2D eigenvalue weighted by atomic mass is 9.97. The van der Waals surface area contributed by atoms with Gasteiger partial charge in [-0.15, -0.1) is 0 Å². The molecule has 3 nitrogen and oxygen atoms in total. The first-order valence-corrected chi connectivity index (χ1v) is 7.55. The summed E-state index contributed by atoms with van der Waals surface area (Å²) in [4.78, 5) is 4.57. The highest BCUT2D eigenvalue weighted by Gasteiger charge is 2.23. The van der Waals surface area contributed by atoms with E-state index in [9.17, 15) is 0 Å². The molecule has 1 saturated carbocycles. The van der Waals surface area contributed by atoms with Crippen molar-refractivity contribution in [2.75, 3.05) is 7.05 Å². The number of nitrogens with one attached hydrogen (secondary N) is 1. The number of aromatic nitrogens is 1. The van der Waals surface area contributed by atoms with Crippen molar-refractivity contribution < 1.29 is 4.74 Å². The third kappa shape index (κ3) is 3.24. The molecule has 0 aliphatic heterocycles. The zero-order valence-electron chi connectivity index (χ0n) is 12.9. The highest BCUT2D eigenvalue weighted by molar-refractivity contribution is 5.37.